The van der Waals surface area contributed by atoms with Crippen molar-refractivity contribution in [1.29, 1.82) is 0 Å². The number of hydrogen-bond donors (Lipinski definition) is 3. The fourth-order valence-electron chi connectivity index (χ4n) is 10.8. The summed E-state index contributed by atoms with van der Waals surface area (Å²) in [6.45, 7) is 13.3. The third-order valence-corrected chi connectivity index (χ3v) is 15.4. The molecule has 1 saturated carbocycles. The van der Waals surface area contributed by atoms with E-state index in [2.05, 4.69) is 0 Å². The number of aliphatic hydroxyl groups is 2. The summed E-state index contributed by atoms with van der Waals surface area (Å²) >= 11 is 0. The highest BCUT2D eigenvalue weighted by Crippen LogP contribution is 2.38. The molecule has 4 rings (SSSR count). The molecule has 0 radical (unpaired) electrons. The minimum absolute atomic E-state index is 0.0101. The second-order valence-electron chi connectivity index (χ2n) is 21.2. The Kier molecular flexibility index (Phi) is 25.3. The molecule has 17 nitrogen and oxygen atoms in total. The van der Waals surface area contributed by atoms with Crippen molar-refractivity contribution in [3.8, 4) is 0 Å². The van der Waals surface area contributed by atoms with Crippen molar-refractivity contribution in [2.24, 2.45) is 35.5 Å². The quantitative estimate of drug-likeness (QED) is 0.0755. The van der Waals surface area contributed by atoms with E-state index in [-0.39, 0.29) is 87.0 Å². The van der Waals surface area contributed by atoms with Crippen LogP contribution in [0, 0.1) is 35.5 Å². The van der Waals surface area contributed by atoms with Crippen LogP contribution in [-0.4, -0.2) is 158 Å². The lowest BCUT2D eigenvalue weighted by atomic mass is 9.78. The van der Waals surface area contributed by atoms with Crippen LogP contribution in [0.2, 0.25) is 0 Å². The number of methoxy groups -OCH3 is 3. The number of amides is 1. The Balaban J connectivity index is 1.70. The topological polar surface area (TPSA) is 231 Å². The highest BCUT2D eigenvalue weighted by molar-refractivity contribution is 6.39. The molecule has 15 atom stereocenters. The number of rotatable bonds is 13. The lowest BCUT2D eigenvalue weighted by molar-refractivity contribution is -0.266. The molecule has 2 bridgehead atoms. The van der Waals surface area contributed by atoms with Crippen LogP contribution >= 0.6 is 0 Å². The molecule has 0 aromatic heterocycles. The van der Waals surface area contributed by atoms with Crippen molar-refractivity contribution in [3.63, 3.8) is 0 Å². The van der Waals surface area contributed by atoms with Crippen LogP contribution in [0.5, 0.6) is 0 Å². The molecule has 17 heteroatoms. The van der Waals surface area contributed by atoms with Crippen molar-refractivity contribution < 1.29 is 77.2 Å². The molecule has 73 heavy (non-hydrogen) atoms. The first-order chi connectivity index (χ1) is 34.6. The minimum atomic E-state index is -2.48. The van der Waals surface area contributed by atoms with Gasteiger partial charge in [-0.3, -0.25) is 24.0 Å². The van der Waals surface area contributed by atoms with E-state index in [1.807, 2.05) is 51.2 Å². The predicted octanol–water partition coefficient (Wildman–Crippen LogP) is 6.70. The summed E-state index contributed by atoms with van der Waals surface area (Å²) in [5.41, 5.74) is 1.22. The number of fused-ring (bicyclic) bond motifs is 3. The highest BCUT2D eigenvalue weighted by Gasteiger charge is 2.53. The Morgan fingerprint density at radius 3 is 2.27 bits per heavy atom. The van der Waals surface area contributed by atoms with Crippen LogP contribution in [0.1, 0.15) is 132 Å². The first-order valence-electron chi connectivity index (χ1n) is 26.5. The van der Waals surface area contributed by atoms with Crippen molar-refractivity contribution in [3.05, 3.63) is 47.6 Å². The van der Waals surface area contributed by atoms with Gasteiger partial charge in [0.15, 0.2) is 5.78 Å². The summed E-state index contributed by atoms with van der Waals surface area (Å²) in [7, 11) is 4.53. The van der Waals surface area contributed by atoms with Crippen LogP contribution in [-0.2, 0) is 61.9 Å². The number of nitrogens with zero attached hydrogens (tertiary/aromatic N) is 1. The molecular formula is C56H87NO16. The molecule has 412 valence electrons. The van der Waals surface area contributed by atoms with Crippen molar-refractivity contribution >= 4 is 35.2 Å². The van der Waals surface area contributed by atoms with Gasteiger partial charge in [-0.2, -0.15) is 0 Å². The zero-order chi connectivity index (χ0) is 54.0. The average molecular weight is 1030 g/mol. The second-order valence-corrected chi connectivity index (χ2v) is 21.2. The predicted molar refractivity (Wildman–Crippen MR) is 272 cm³/mol. The van der Waals surface area contributed by atoms with Gasteiger partial charge in [0.2, 0.25) is 5.79 Å². The minimum Gasteiger partial charge on any atom is -0.481 e. The van der Waals surface area contributed by atoms with E-state index in [9.17, 15) is 39.0 Å². The zero-order valence-electron chi connectivity index (χ0n) is 45.2. The van der Waals surface area contributed by atoms with E-state index in [4.69, 9.17) is 38.3 Å². The maximum absolute atomic E-state index is 14.6. The maximum Gasteiger partial charge on any atom is 0.329 e. The summed E-state index contributed by atoms with van der Waals surface area (Å²) in [5, 5.41) is 32.8. The van der Waals surface area contributed by atoms with Gasteiger partial charge < -0.3 is 53.4 Å². The van der Waals surface area contributed by atoms with Gasteiger partial charge >= 0.3 is 11.9 Å². The SMILES string of the molecule is COCCOC1CC2CCC(C)C(O)(O2)C(=O)C(=O)N2CCCCC2C(=O)OC(C(C)CC2CCC(OCCC(=O)O)C(OC)C2)CC(=O)C(C)/C=C(\C)C(O)C(OC)C(=O)C(C)CC(C)/C=C/C=C/C=C/1C. The Morgan fingerprint density at radius 1 is 0.849 bits per heavy atom. The van der Waals surface area contributed by atoms with Crippen LogP contribution in [0.4, 0.5) is 0 Å². The van der Waals surface area contributed by atoms with E-state index in [0.29, 0.717) is 70.0 Å². The Hall–Kier alpha value is -3.94. The Bertz CT molecular complexity index is 1960. The molecule has 0 spiro atoms. The van der Waals surface area contributed by atoms with Crippen molar-refractivity contribution in [1.82, 2.24) is 4.90 Å². The zero-order valence-corrected chi connectivity index (χ0v) is 45.2. The van der Waals surface area contributed by atoms with Crippen LogP contribution in [0.15, 0.2) is 47.6 Å². The smallest absolute Gasteiger partial charge is 0.329 e. The number of carboxylic acid groups (broad SMARTS) is 1. The number of Topliss-reactive ketones (excluding diaryl/α,β-unsaturated/α-hetero) is 3. The fraction of sp³-hybridized carbons (Fsp3) is 0.750. The van der Waals surface area contributed by atoms with Gasteiger partial charge in [0, 0.05) is 58.5 Å². The summed E-state index contributed by atoms with van der Waals surface area (Å²) in [6.07, 6.45) is 10.8. The Morgan fingerprint density at radius 2 is 1.59 bits per heavy atom. The molecule has 3 N–H and O–H groups in total. The molecule has 3 heterocycles. The first kappa shape index (κ1) is 61.6. The molecule has 4 aliphatic rings. The van der Waals surface area contributed by atoms with Crippen molar-refractivity contribution in [2.75, 3.05) is 47.7 Å². The molecule has 15 unspecified atom stereocenters. The second kappa shape index (κ2) is 30.0. The number of carboxylic acids is 1. The number of hydrogen-bond acceptors (Lipinski definition) is 15. The van der Waals surface area contributed by atoms with Gasteiger partial charge in [-0.05, 0) is 107 Å². The molecular weight excluding hydrogens is 943 g/mol. The van der Waals surface area contributed by atoms with Gasteiger partial charge in [-0.15, -0.1) is 0 Å². The lowest BCUT2D eigenvalue weighted by Gasteiger charge is -2.43. The normalized spacial score (nSPS) is 37.2. The summed E-state index contributed by atoms with van der Waals surface area (Å²) in [4.78, 5) is 83.8. The van der Waals surface area contributed by atoms with Gasteiger partial charge in [0.25, 0.3) is 11.7 Å². The van der Waals surface area contributed by atoms with Gasteiger partial charge in [-0.25, -0.2) is 4.79 Å². The number of ether oxygens (including phenoxy) is 7. The van der Waals surface area contributed by atoms with E-state index in [1.54, 1.807) is 48.0 Å². The summed E-state index contributed by atoms with van der Waals surface area (Å²) in [6, 6.07) is -1.18. The van der Waals surface area contributed by atoms with Crippen molar-refractivity contribution in [2.45, 2.75) is 186 Å². The van der Waals surface area contributed by atoms with Gasteiger partial charge in [-0.1, -0.05) is 71.1 Å². The maximum atomic E-state index is 14.6. The molecule has 3 fully saturated rings. The lowest BCUT2D eigenvalue weighted by Crippen LogP contribution is -2.61. The largest absolute Gasteiger partial charge is 0.481 e. The summed E-state index contributed by atoms with van der Waals surface area (Å²) in [5.74, 6) is -9.32. The third-order valence-electron chi connectivity index (χ3n) is 15.4. The molecule has 0 aromatic carbocycles. The van der Waals surface area contributed by atoms with Crippen LogP contribution in [0.25, 0.3) is 0 Å². The molecule has 0 aromatic rings. The number of aliphatic hydroxyl groups excluding tert-OH is 1. The van der Waals surface area contributed by atoms with E-state index < -0.39 is 83.7 Å². The monoisotopic (exact) mass is 1030 g/mol. The standard InChI is InChI=1S/C56H87NO16/c1-34-16-12-11-13-17-35(2)46(71-27-26-67-8)32-42-21-19-40(7)56(66,73-42)53(63)54(64)57-24-15-14-18-43(57)55(65)72-47(37(4)30-41-20-22-45(48(31-41)68-9)70-25-23-49(59)60)33-44(58)36(3)29-39(6)51(62)52(69-10)50(61)38(5)28-34/h11-13,16-17,29,34,36-38,40-43,45-48,51-52,62,66H,14-15,18-28,30-33H2,1-10H3,(H,59,60)/b13-11+,16-12+,35-17+,39-29+. The number of ketones is 3. The van der Waals surface area contributed by atoms with E-state index >= 15 is 0 Å². The number of allylic oxidation sites excluding steroid dienone is 6. The number of carbonyl (C=O) groups excluding carboxylic acids is 5. The molecule has 1 amide bonds. The first-order valence-corrected chi connectivity index (χ1v) is 26.5. The Labute approximate surface area is 433 Å². The average Bonchev–Trinajstić information content (AvgIpc) is 3.36. The van der Waals surface area contributed by atoms with Crippen LogP contribution < -0.4 is 0 Å². The molecule has 1 aliphatic carbocycles. The van der Waals surface area contributed by atoms with Gasteiger partial charge in [0.1, 0.15) is 30.1 Å². The number of carbonyl (C=O) groups is 6. The van der Waals surface area contributed by atoms with Gasteiger partial charge in [0.05, 0.1) is 50.7 Å². The number of cyclic esters (lactones) is 1. The van der Waals surface area contributed by atoms with Crippen LogP contribution in [0.3, 0.4) is 0 Å². The molecule has 2 saturated heterocycles. The summed E-state index contributed by atoms with van der Waals surface area (Å²) < 4.78 is 41.3. The highest BCUT2D eigenvalue weighted by atomic mass is 16.6. The van der Waals surface area contributed by atoms with E-state index in [0.717, 1.165) is 5.57 Å². The fourth-order valence-corrected chi connectivity index (χ4v) is 10.8. The number of piperidine rings is 1. The number of esters is 1. The van der Waals surface area contributed by atoms with E-state index in [1.165, 1.54) is 12.0 Å². The third kappa shape index (κ3) is 17.8. The number of aliphatic carboxylic acids is 1. The molecule has 3 aliphatic heterocycles.